The highest BCUT2D eigenvalue weighted by atomic mass is 15.1. The summed E-state index contributed by atoms with van der Waals surface area (Å²) in [5.41, 5.74) is 16.2. The summed E-state index contributed by atoms with van der Waals surface area (Å²) in [5, 5.41) is 0. The van der Waals surface area contributed by atoms with Gasteiger partial charge in [-0.15, -0.1) is 0 Å². The smallest absolute Gasteiger partial charge is 0.0467 e. The van der Waals surface area contributed by atoms with Crippen LogP contribution in [0.15, 0.2) is 243 Å². The van der Waals surface area contributed by atoms with Crippen LogP contribution in [0.25, 0.3) is 44.5 Å². The van der Waals surface area contributed by atoms with Crippen molar-refractivity contribution in [3.05, 3.63) is 243 Å². The Labute approximate surface area is 329 Å². The van der Waals surface area contributed by atoms with E-state index < -0.39 is 0 Å². The molecule has 0 aliphatic heterocycles. The summed E-state index contributed by atoms with van der Waals surface area (Å²) in [4.78, 5) is 4.64. The Bertz CT molecular complexity index is 2450. The van der Waals surface area contributed by atoms with Crippen LogP contribution < -0.4 is 9.80 Å². The average Bonchev–Trinajstić information content (AvgIpc) is 3.29. The molecular formula is C54H40N2. The second-order valence-electron chi connectivity index (χ2n) is 13.8. The van der Waals surface area contributed by atoms with Gasteiger partial charge in [-0.2, -0.15) is 0 Å². The molecule has 9 rings (SSSR count). The number of benzene rings is 9. The van der Waals surface area contributed by atoms with Gasteiger partial charge in [-0.3, -0.25) is 0 Å². The fraction of sp³-hybridized carbons (Fsp3) is 0. The SMILES string of the molecule is c1ccc(-c2cccc(N(c3ccccc3)c3ccc(-c4ccc(-c5ccc(N(c6ccccc6)c6cccc(-c7ccccc7)c6)cc5)cc4)cc3)c2)cc1. The van der Waals surface area contributed by atoms with E-state index in [2.05, 4.69) is 252 Å². The summed E-state index contributed by atoms with van der Waals surface area (Å²) >= 11 is 0. The Morgan fingerprint density at radius 3 is 0.732 bits per heavy atom. The molecule has 0 N–H and O–H groups in total. The molecule has 0 fully saturated rings. The zero-order chi connectivity index (χ0) is 37.5. The Kier molecular flexibility index (Phi) is 9.75. The lowest BCUT2D eigenvalue weighted by Crippen LogP contribution is -2.09. The van der Waals surface area contributed by atoms with E-state index in [0.717, 1.165) is 34.1 Å². The van der Waals surface area contributed by atoms with Crippen molar-refractivity contribution in [1.82, 2.24) is 0 Å². The standard InChI is InChI=1S/C54H40N2/c1-5-15-41(16-6-1)47-19-13-25-53(39-47)55(49-21-9-3-10-22-49)51-35-31-45(32-36-51)43-27-29-44(30-28-43)46-33-37-52(38-34-46)56(50-23-11-4-12-24-50)54-26-14-20-48(40-54)42-17-7-2-8-18-42/h1-40H. The summed E-state index contributed by atoms with van der Waals surface area (Å²) < 4.78 is 0. The lowest BCUT2D eigenvalue weighted by Gasteiger charge is -2.26. The summed E-state index contributed by atoms with van der Waals surface area (Å²) in [6.07, 6.45) is 0. The topological polar surface area (TPSA) is 6.48 Å². The molecule has 0 spiro atoms. The van der Waals surface area contributed by atoms with E-state index in [-0.39, 0.29) is 0 Å². The van der Waals surface area contributed by atoms with Crippen molar-refractivity contribution >= 4 is 34.1 Å². The molecule has 0 saturated heterocycles. The molecule has 0 unspecified atom stereocenters. The molecule has 0 aliphatic carbocycles. The van der Waals surface area contributed by atoms with Crippen molar-refractivity contribution in [2.24, 2.45) is 0 Å². The van der Waals surface area contributed by atoms with Crippen molar-refractivity contribution in [1.29, 1.82) is 0 Å². The van der Waals surface area contributed by atoms with Crippen LogP contribution in [-0.2, 0) is 0 Å². The van der Waals surface area contributed by atoms with Gasteiger partial charge in [0.05, 0.1) is 0 Å². The van der Waals surface area contributed by atoms with E-state index in [0.29, 0.717) is 0 Å². The highest BCUT2D eigenvalue weighted by molar-refractivity contribution is 5.83. The minimum Gasteiger partial charge on any atom is -0.310 e. The molecule has 0 amide bonds. The minimum atomic E-state index is 1.11. The van der Waals surface area contributed by atoms with Crippen molar-refractivity contribution in [3.8, 4) is 44.5 Å². The number of nitrogens with zero attached hydrogens (tertiary/aromatic N) is 2. The van der Waals surface area contributed by atoms with Crippen LogP contribution in [0.2, 0.25) is 0 Å². The number of hydrogen-bond acceptors (Lipinski definition) is 2. The number of anilines is 6. The first-order chi connectivity index (χ1) is 27.8. The normalized spacial score (nSPS) is 10.9. The van der Waals surface area contributed by atoms with Gasteiger partial charge in [-0.05, 0) is 117 Å². The Hall–Kier alpha value is -7.42. The second-order valence-corrected chi connectivity index (χ2v) is 13.8. The summed E-state index contributed by atoms with van der Waals surface area (Å²) in [6, 6.07) is 86.5. The zero-order valence-electron chi connectivity index (χ0n) is 31.0. The van der Waals surface area contributed by atoms with E-state index in [9.17, 15) is 0 Å². The van der Waals surface area contributed by atoms with Crippen LogP contribution >= 0.6 is 0 Å². The first-order valence-corrected chi connectivity index (χ1v) is 19.1. The van der Waals surface area contributed by atoms with Gasteiger partial charge in [0.25, 0.3) is 0 Å². The Morgan fingerprint density at radius 2 is 0.393 bits per heavy atom. The first-order valence-electron chi connectivity index (χ1n) is 19.1. The quantitative estimate of drug-likeness (QED) is 0.139. The number of hydrogen-bond donors (Lipinski definition) is 0. The molecule has 9 aromatic rings. The largest absolute Gasteiger partial charge is 0.310 e. The highest BCUT2D eigenvalue weighted by Crippen LogP contribution is 2.39. The maximum Gasteiger partial charge on any atom is 0.0467 e. The van der Waals surface area contributed by atoms with Crippen LogP contribution in [-0.4, -0.2) is 0 Å². The summed E-state index contributed by atoms with van der Waals surface area (Å²) in [7, 11) is 0. The summed E-state index contributed by atoms with van der Waals surface area (Å²) in [6.45, 7) is 0. The second kappa shape index (κ2) is 15.9. The third-order valence-corrected chi connectivity index (χ3v) is 10.3. The lowest BCUT2D eigenvalue weighted by molar-refractivity contribution is 1.28. The van der Waals surface area contributed by atoms with Gasteiger partial charge in [-0.25, -0.2) is 0 Å². The average molecular weight is 717 g/mol. The van der Waals surface area contributed by atoms with E-state index in [1.54, 1.807) is 0 Å². The van der Waals surface area contributed by atoms with Gasteiger partial charge >= 0.3 is 0 Å². The molecule has 0 radical (unpaired) electrons. The molecule has 0 bridgehead atoms. The Balaban J connectivity index is 0.969. The van der Waals surface area contributed by atoms with Gasteiger partial charge in [-0.1, -0.05) is 170 Å². The molecule has 56 heavy (non-hydrogen) atoms. The van der Waals surface area contributed by atoms with Crippen LogP contribution in [0.3, 0.4) is 0 Å². The fourth-order valence-corrected chi connectivity index (χ4v) is 7.42. The molecule has 2 heteroatoms. The molecule has 0 aliphatic rings. The third kappa shape index (κ3) is 7.37. The lowest BCUT2D eigenvalue weighted by atomic mass is 9.99. The van der Waals surface area contributed by atoms with Crippen LogP contribution in [0.1, 0.15) is 0 Å². The molecular weight excluding hydrogens is 677 g/mol. The van der Waals surface area contributed by atoms with Gasteiger partial charge in [0.15, 0.2) is 0 Å². The maximum absolute atomic E-state index is 2.32. The van der Waals surface area contributed by atoms with Crippen molar-refractivity contribution in [2.45, 2.75) is 0 Å². The van der Waals surface area contributed by atoms with Gasteiger partial charge in [0.2, 0.25) is 0 Å². The summed E-state index contributed by atoms with van der Waals surface area (Å²) in [5.74, 6) is 0. The fourth-order valence-electron chi connectivity index (χ4n) is 7.42. The number of para-hydroxylation sites is 2. The van der Waals surface area contributed by atoms with E-state index >= 15 is 0 Å². The Morgan fingerprint density at radius 1 is 0.161 bits per heavy atom. The minimum absolute atomic E-state index is 1.11. The van der Waals surface area contributed by atoms with E-state index in [4.69, 9.17) is 0 Å². The van der Waals surface area contributed by atoms with Crippen LogP contribution in [0, 0.1) is 0 Å². The van der Waals surface area contributed by atoms with Gasteiger partial charge in [0.1, 0.15) is 0 Å². The van der Waals surface area contributed by atoms with Crippen LogP contribution in [0.5, 0.6) is 0 Å². The van der Waals surface area contributed by atoms with Crippen molar-refractivity contribution in [3.63, 3.8) is 0 Å². The van der Waals surface area contributed by atoms with E-state index in [1.165, 1.54) is 44.5 Å². The van der Waals surface area contributed by atoms with Crippen molar-refractivity contribution in [2.75, 3.05) is 9.80 Å². The monoisotopic (exact) mass is 716 g/mol. The van der Waals surface area contributed by atoms with Crippen LogP contribution in [0.4, 0.5) is 34.1 Å². The molecule has 0 heterocycles. The maximum atomic E-state index is 2.32. The molecule has 0 saturated carbocycles. The molecule has 266 valence electrons. The predicted molar refractivity (Wildman–Crippen MR) is 238 cm³/mol. The molecule has 9 aromatic carbocycles. The van der Waals surface area contributed by atoms with E-state index in [1.807, 2.05) is 0 Å². The molecule has 0 aromatic heterocycles. The predicted octanol–water partition coefficient (Wildman–Crippen LogP) is 15.3. The number of rotatable bonds is 10. The molecule has 2 nitrogen and oxygen atoms in total. The highest BCUT2D eigenvalue weighted by Gasteiger charge is 2.15. The van der Waals surface area contributed by atoms with Gasteiger partial charge < -0.3 is 9.80 Å². The van der Waals surface area contributed by atoms with Gasteiger partial charge in [0, 0.05) is 34.1 Å². The van der Waals surface area contributed by atoms with Crippen molar-refractivity contribution < 1.29 is 0 Å². The zero-order valence-corrected chi connectivity index (χ0v) is 31.0. The third-order valence-electron chi connectivity index (χ3n) is 10.3. The first kappa shape index (κ1) is 34.4. The molecule has 0 atom stereocenters.